The van der Waals surface area contributed by atoms with E-state index < -0.39 is 6.04 Å². The van der Waals surface area contributed by atoms with Crippen LogP contribution in [0.3, 0.4) is 0 Å². The number of nitrogens with zero attached hydrogens (tertiary/aromatic N) is 1. The van der Waals surface area contributed by atoms with E-state index in [1.165, 1.54) is 0 Å². The molecule has 1 amide bonds. The molecule has 0 aliphatic heterocycles. The number of aryl methyl sites for hydroxylation is 1. The SMILES string of the molecule is Cc1ccc(C(N)C(=O)N(C)Cc2ccccc2Cl)cc1. The largest absolute Gasteiger partial charge is 0.340 e. The molecular formula is C17H19ClN2O. The molecule has 0 radical (unpaired) electrons. The van der Waals surface area contributed by atoms with E-state index in [4.69, 9.17) is 17.3 Å². The van der Waals surface area contributed by atoms with Crippen LogP contribution in [0, 0.1) is 6.92 Å². The zero-order valence-corrected chi connectivity index (χ0v) is 13.0. The van der Waals surface area contributed by atoms with Gasteiger partial charge in [0.1, 0.15) is 6.04 Å². The maximum Gasteiger partial charge on any atom is 0.244 e. The Morgan fingerprint density at radius 2 is 1.81 bits per heavy atom. The van der Waals surface area contributed by atoms with Gasteiger partial charge in [0.2, 0.25) is 5.91 Å². The van der Waals surface area contributed by atoms with Crippen LogP contribution in [0.15, 0.2) is 48.5 Å². The molecule has 0 aliphatic carbocycles. The summed E-state index contributed by atoms with van der Waals surface area (Å²) in [7, 11) is 1.74. The third-order valence-electron chi connectivity index (χ3n) is 3.44. The highest BCUT2D eigenvalue weighted by Gasteiger charge is 2.20. The van der Waals surface area contributed by atoms with E-state index in [0.29, 0.717) is 11.6 Å². The molecule has 0 saturated carbocycles. The number of nitrogens with two attached hydrogens (primary N) is 1. The van der Waals surface area contributed by atoms with Crippen LogP contribution < -0.4 is 5.73 Å². The summed E-state index contributed by atoms with van der Waals surface area (Å²) in [5.74, 6) is -0.126. The van der Waals surface area contributed by atoms with Gasteiger partial charge in [0.25, 0.3) is 0 Å². The van der Waals surface area contributed by atoms with Crippen molar-refractivity contribution in [3.63, 3.8) is 0 Å². The first-order chi connectivity index (χ1) is 9.99. The van der Waals surface area contributed by atoms with E-state index in [-0.39, 0.29) is 5.91 Å². The van der Waals surface area contributed by atoms with Crippen molar-refractivity contribution >= 4 is 17.5 Å². The van der Waals surface area contributed by atoms with Crippen molar-refractivity contribution in [1.82, 2.24) is 4.90 Å². The molecule has 2 aromatic carbocycles. The van der Waals surface area contributed by atoms with Gasteiger partial charge in [0.15, 0.2) is 0 Å². The van der Waals surface area contributed by atoms with Gasteiger partial charge < -0.3 is 10.6 Å². The lowest BCUT2D eigenvalue weighted by atomic mass is 10.0. The van der Waals surface area contributed by atoms with E-state index in [1.807, 2.05) is 55.5 Å². The molecule has 2 N–H and O–H groups in total. The zero-order valence-electron chi connectivity index (χ0n) is 12.2. The molecule has 1 atom stereocenters. The number of likely N-dealkylation sites (N-methyl/N-ethyl adjacent to an activating group) is 1. The molecular weight excluding hydrogens is 284 g/mol. The molecule has 2 aromatic rings. The molecule has 0 saturated heterocycles. The Balaban J connectivity index is 2.08. The van der Waals surface area contributed by atoms with Crippen molar-refractivity contribution in [3.05, 3.63) is 70.2 Å². The third kappa shape index (κ3) is 3.84. The van der Waals surface area contributed by atoms with Crippen molar-refractivity contribution in [2.75, 3.05) is 7.05 Å². The van der Waals surface area contributed by atoms with Crippen LogP contribution in [-0.4, -0.2) is 17.9 Å². The zero-order chi connectivity index (χ0) is 15.4. The van der Waals surface area contributed by atoms with Crippen LogP contribution in [0.5, 0.6) is 0 Å². The molecule has 110 valence electrons. The fraction of sp³-hybridized carbons (Fsp3) is 0.235. The maximum absolute atomic E-state index is 12.4. The Hall–Kier alpha value is -1.84. The average Bonchev–Trinajstić information content (AvgIpc) is 2.49. The van der Waals surface area contributed by atoms with Gasteiger partial charge in [-0.1, -0.05) is 59.6 Å². The topological polar surface area (TPSA) is 46.3 Å². The second-order valence-corrected chi connectivity index (χ2v) is 5.58. The van der Waals surface area contributed by atoms with E-state index in [2.05, 4.69) is 0 Å². The minimum absolute atomic E-state index is 0.126. The highest BCUT2D eigenvalue weighted by molar-refractivity contribution is 6.31. The number of halogens is 1. The molecule has 4 heteroatoms. The van der Waals surface area contributed by atoms with Crippen molar-refractivity contribution in [1.29, 1.82) is 0 Å². The van der Waals surface area contributed by atoms with E-state index >= 15 is 0 Å². The van der Waals surface area contributed by atoms with Crippen LogP contribution in [0.25, 0.3) is 0 Å². The summed E-state index contributed by atoms with van der Waals surface area (Å²) in [5.41, 5.74) is 8.92. The molecule has 0 aliphatic rings. The second-order valence-electron chi connectivity index (χ2n) is 5.17. The lowest BCUT2D eigenvalue weighted by Crippen LogP contribution is -2.35. The number of hydrogen-bond donors (Lipinski definition) is 1. The number of rotatable bonds is 4. The summed E-state index contributed by atoms with van der Waals surface area (Å²) in [5, 5.41) is 0.654. The fourth-order valence-corrected chi connectivity index (χ4v) is 2.31. The first-order valence-electron chi connectivity index (χ1n) is 6.79. The number of carbonyl (C=O) groups is 1. The summed E-state index contributed by atoms with van der Waals surface area (Å²) >= 11 is 6.12. The standard InChI is InChI=1S/C17H19ClN2O/c1-12-7-9-13(10-8-12)16(19)17(21)20(2)11-14-5-3-4-6-15(14)18/h3-10,16H,11,19H2,1-2H3. The molecule has 1 unspecified atom stereocenters. The first-order valence-corrected chi connectivity index (χ1v) is 7.17. The number of amides is 1. The Morgan fingerprint density at radius 3 is 2.43 bits per heavy atom. The lowest BCUT2D eigenvalue weighted by Gasteiger charge is -2.22. The number of hydrogen-bond acceptors (Lipinski definition) is 2. The highest BCUT2D eigenvalue weighted by atomic mass is 35.5. The molecule has 0 aromatic heterocycles. The van der Waals surface area contributed by atoms with Crippen LogP contribution in [0.4, 0.5) is 0 Å². The minimum atomic E-state index is -0.655. The van der Waals surface area contributed by atoms with Gasteiger partial charge in [-0.25, -0.2) is 0 Å². The van der Waals surface area contributed by atoms with Crippen molar-refractivity contribution in [2.24, 2.45) is 5.73 Å². The van der Waals surface area contributed by atoms with Crippen LogP contribution in [-0.2, 0) is 11.3 Å². The second kappa shape index (κ2) is 6.74. The Labute approximate surface area is 130 Å². The van der Waals surface area contributed by atoms with E-state index in [9.17, 15) is 4.79 Å². The smallest absolute Gasteiger partial charge is 0.244 e. The summed E-state index contributed by atoms with van der Waals surface area (Å²) in [6.07, 6.45) is 0. The van der Waals surface area contributed by atoms with Gasteiger partial charge in [-0.2, -0.15) is 0 Å². The lowest BCUT2D eigenvalue weighted by molar-refractivity contribution is -0.131. The molecule has 0 bridgehead atoms. The molecule has 3 nitrogen and oxygen atoms in total. The predicted octanol–water partition coefficient (Wildman–Crippen LogP) is 3.31. The predicted molar refractivity (Wildman–Crippen MR) is 86.0 cm³/mol. The van der Waals surface area contributed by atoms with Crippen LogP contribution in [0.2, 0.25) is 5.02 Å². The van der Waals surface area contributed by atoms with Gasteiger partial charge in [-0.15, -0.1) is 0 Å². The van der Waals surface area contributed by atoms with Gasteiger partial charge in [0.05, 0.1) is 0 Å². The van der Waals surface area contributed by atoms with Crippen molar-refractivity contribution in [2.45, 2.75) is 19.5 Å². The average molecular weight is 303 g/mol. The molecule has 0 spiro atoms. The molecule has 0 fully saturated rings. The minimum Gasteiger partial charge on any atom is -0.340 e. The summed E-state index contributed by atoms with van der Waals surface area (Å²) in [6.45, 7) is 2.44. The summed E-state index contributed by atoms with van der Waals surface area (Å²) in [4.78, 5) is 14.0. The summed E-state index contributed by atoms with van der Waals surface area (Å²) in [6, 6.07) is 14.5. The number of carbonyl (C=O) groups excluding carboxylic acids is 1. The van der Waals surface area contributed by atoms with Gasteiger partial charge in [-0.3, -0.25) is 4.79 Å². The quantitative estimate of drug-likeness (QED) is 0.942. The molecule has 2 rings (SSSR count). The third-order valence-corrected chi connectivity index (χ3v) is 3.81. The van der Waals surface area contributed by atoms with Crippen molar-refractivity contribution in [3.8, 4) is 0 Å². The van der Waals surface area contributed by atoms with Crippen molar-refractivity contribution < 1.29 is 4.79 Å². The fourth-order valence-electron chi connectivity index (χ4n) is 2.11. The van der Waals surface area contributed by atoms with E-state index in [1.54, 1.807) is 11.9 Å². The Kier molecular flexibility index (Phi) is 4.99. The molecule has 21 heavy (non-hydrogen) atoms. The van der Waals surface area contributed by atoms with Gasteiger partial charge in [-0.05, 0) is 24.1 Å². The monoisotopic (exact) mass is 302 g/mol. The normalized spacial score (nSPS) is 12.0. The first kappa shape index (κ1) is 15.5. The van der Waals surface area contributed by atoms with Crippen LogP contribution >= 0.6 is 11.6 Å². The summed E-state index contributed by atoms with van der Waals surface area (Å²) < 4.78 is 0. The molecule has 0 heterocycles. The van der Waals surface area contributed by atoms with Gasteiger partial charge >= 0.3 is 0 Å². The van der Waals surface area contributed by atoms with E-state index in [0.717, 1.165) is 16.7 Å². The number of benzene rings is 2. The van der Waals surface area contributed by atoms with Crippen LogP contribution in [0.1, 0.15) is 22.7 Å². The maximum atomic E-state index is 12.4. The Bertz CT molecular complexity index is 625. The Morgan fingerprint density at radius 1 is 1.19 bits per heavy atom. The van der Waals surface area contributed by atoms with Gasteiger partial charge in [0, 0.05) is 18.6 Å². The highest BCUT2D eigenvalue weighted by Crippen LogP contribution is 2.19.